The monoisotopic (exact) mass is 241 g/mol. The van der Waals surface area contributed by atoms with E-state index in [4.69, 9.17) is 10.5 Å². The normalized spacial score (nSPS) is 11.3. The van der Waals surface area contributed by atoms with Gasteiger partial charge in [0.2, 0.25) is 0 Å². The quantitative estimate of drug-likeness (QED) is 0.833. The Morgan fingerprint density at radius 2 is 1.28 bits per heavy atom. The van der Waals surface area contributed by atoms with Gasteiger partial charge in [0.1, 0.15) is 5.75 Å². The van der Waals surface area contributed by atoms with Crippen molar-refractivity contribution in [1.82, 2.24) is 0 Å². The molecular formula is C16H19NO. The highest BCUT2D eigenvalue weighted by atomic mass is 16.5. The fourth-order valence-electron chi connectivity index (χ4n) is 2.07. The van der Waals surface area contributed by atoms with Gasteiger partial charge in [-0.1, -0.05) is 38.1 Å². The summed E-state index contributed by atoms with van der Waals surface area (Å²) in [4.78, 5) is 0. The van der Waals surface area contributed by atoms with Crippen LogP contribution in [0.3, 0.4) is 0 Å². The molecule has 0 aromatic heterocycles. The van der Waals surface area contributed by atoms with Crippen LogP contribution in [0.4, 0.5) is 5.69 Å². The van der Waals surface area contributed by atoms with Crippen molar-refractivity contribution in [3.63, 3.8) is 0 Å². The molecule has 0 radical (unpaired) electrons. The largest absolute Gasteiger partial charge is 0.497 e. The maximum atomic E-state index is 5.73. The van der Waals surface area contributed by atoms with Crippen LogP contribution >= 0.6 is 0 Å². The average Bonchev–Trinajstić information content (AvgIpc) is 2.39. The van der Waals surface area contributed by atoms with Crippen LogP contribution in [0.15, 0.2) is 48.5 Å². The van der Waals surface area contributed by atoms with Gasteiger partial charge in [0.15, 0.2) is 0 Å². The molecule has 2 aromatic carbocycles. The number of methoxy groups -OCH3 is 1. The number of nitrogens with two attached hydrogens (primary N) is 1. The summed E-state index contributed by atoms with van der Waals surface area (Å²) in [5.41, 5.74) is 8.99. The number of nitrogen functional groups attached to an aromatic ring is 1. The first-order chi connectivity index (χ1) is 8.54. The molecule has 0 spiro atoms. The van der Waals surface area contributed by atoms with Crippen LogP contribution in [0.1, 0.15) is 25.0 Å². The summed E-state index contributed by atoms with van der Waals surface area (Å²) in [5.74, 6) is 0.881. The van der Waals surface area contributed by atoms with Gasteiger partial charge in [-0.25, -0.2) is 0 Å². The van der Waals surface area contributed by atoms with Crippen molar-refractivity contribution in [3.8, 4) is 5.75 Å². The molecule has 0 amide bonds. The van der Waals surface area contributed by atoms with E-state index in [0.29, 0.717) is 0 Å². The lowest BCUT2D eigenvalue weighted by atomic mass is 9.78. The zero-order chi connectivity index (χ0) is 13.2. The van der Waals surface area contributed by atoms with Gasteiger partial charge in [-0.05, 0) is 35.4 Å². The lowest BCUT2D eigenvalue weighted by molar-refractivity contribution is 0.414. The summed E-state index contributed by atoms with van der Waals surface area (Å²) in [6.07, 6.45) is 0. The van der Waals surface area contributed by atoms with E-state index in [9.17, 15) is 0 Å². The molecule has 94 valence electrons. The van der Waals surface area contributed by atoms with E-state index < -0.39 is 0 Å². The van der Waals surface area contributed by atoms with E-state index in [0.717, 1.165) is 11.4 Å². The Labute approximate surface area is 108 Å². The molecule has 2 N–H and O–H groups in total. The second-order valence-corrected chi connectivity index (χ2v) is 4.98. The van der Waals surface area contributed by atoms with Crippen molar-refractivity contribution >= 4 is 5.69 Å². The Hall–Kier alpha value is -1.96. The zero-order valence-electron chi connectivity index (χ0n) is 11.1. The smallest absolute Gasteiger partial charge is 0.118 e. The number of rotatable bonds is 3. The Bertz CT molecular complexity index is 512. The van der Waals surface area contributed by atoms with Gasteiger partial charge in [-0.15, -0.1) is 0 Å². The molecule has 0 bridgehead atoms. The predicted molar refractivity (Wildman–Crippen MR) is 76.0 cm³/mol. The van der Waals surface area contributed by atoms with Gasteiger partial charge in [0.05, 0.1) is 7.11 Å². The highest BCUT2D eigenvalue weighted by molar-refractivity contribution is 5.45. The van der Waals surface area contributed by atoms with Crippen LogP contribution in [0.2, 0.25) is 0 Å². The first-order valence-electron chi connectivity index (χ1n) is 6.04. The molecule has 2 heteroatoms. The lowest BCUT2D eigenvalue weighted by Gasteiger charge is -2.26. The third kappa shape index (κ3) is 2.33. The molecule has 0 saturated carbocycles. The van der Waals surface area contributed by atoms with E-state index in [1.165, 1.54) is 11.1 Å². The Morgan fingerprint density at radius 1 is 0.833 bits per heavy atom. The Morgan fingerprint density at radius 3 is 1.72 bits per heavy atom. The maximum absolute atomic E-state index is 5.73. The molecule has 2 nitrogen and oxygen atoms in total. The third-order valence-corrected chi connectivity index (χ3v) is 3.44. The molecule has 0 aliphatic carbocycles. The first kappa shape index (κ1) is 12.5. The molecule has 2 aromatic rings. The van der Waals surface area contributed by atoms with Gasteiger partial charge in [0, 0.05) is 11.1 Å². The summed E-state index contributed by atoms with van der Waals surface area (Å²) in [7, 11) is 1.68. The number of hydrogen-bond acceptors (Lipinski definition) is 2. The highest BCUT2D eigenvalue weighted by Gasteiger charge is 2.22. The van der Waals surface area contributed by atoms with Gasteiger partial charge in [-0.3, -0.25) is 0 Å². The fraction of sp³-hybridized carbons (Fsp3) is 0.250. The van der Waals surface area contributed by atoms with E-state index in [2.05, 4.69) is 38.1 Å². The topological polar surface area (TPSA) is 35.2 Å². The zero-order valence-corrected chi connectivity index (χ0v) is 11.1. The number of hydrogen-bond donors (Lipinski definition) is 1. The number of anilines is 1. The minimum absolute atomic E-state index is 0.0417. The van der Waals surface area contributed by atoms with Crippen LogP contribution in [-0.2, 0) is 5.41 Å². The Kier molecular flexibility index (Phi) is 3.28. The minimum atomic E-state index is -0.0417. The molecule has 0 atom stereocenters. The van der Waals surface area contributed by atoms with Crippen LogP contribution in [0.25, 0.3) is 0 Å². The molecular weight excluding hydrogens is 222 g/mol. The van der Waals surface area contributed by atoms with Crippen LogP contribution in [-0.4, -0.2) is 7.11 Å². The SMILES string of the molecule is COc1ccc(C(C)(C)c2ccc(N)cc2)cc1. The molecule has 0 saturated heterocycles. The first-order valence-corrected chi connectivity index (χ1v) is 6.04. The Balaban J connectivity index is 2.37. The van der Waals surface area contributed by atoms with Crippen molar-refractivity contribution in [3.05, 3.63) is 59.7 Å². The average molecular weight is 241 g/mol. The third-order valence-electron chi connectivity index (χ3n) is 3.44. The van der Waals surface area contributed by atoms with Crippen molar-refractivity contribution in [1.29, 1.82) is 0 Å². The molecule has 2 rings (SSSR count). The van der Waals surface area contributed by atoms with Crippen molar-refractivity contribution in [2.24, 2.45) is 0 Å². The van der Waals surface area contributed by atoms with E-state index >= 15 is 0 Å². The van der Waals surface area contributed by atoms with E-state index in [1.807, 2.05) is 24.3 Å². The molecule has 0 aliphatic rings. The molecule has 18 heavy (non-hydrogen) atoms. The second kappa shape index (κ2) is 4.73. The lowest BCUT2D eigenvalue weighted by Crippen LogP contribution is -2.18. The van der Waals surface area contributed by atoms with Crippen LogP contribution in [0.5, 0.6) is 5.75 Å². The second-order valence-electron chi connectivity index (χ2n) is 4.98. The van der Waals surface area contributed by atoms with E-state index in [-0.39, 0.29) is 5.41 Å². The van der Waals surface area contributed by atoms with Crippen LogP contribution in [0, 0.1) is 0 Å². The summed E-state index contributed by atoms with van der Waals surface area (Å²) in [6.45, 7) is 4.42. The molecule has 0 fully saturated rings. The summed E-state index contributed by atoms with van der Waals surface area (Å²) < 4.78 is 5.19. The van der Waals surface area contributed by atoms with E-state index in [1.54, 1.807) is 7.11 Å². The van der Waals surface area contributed by atoms with Gasteiger partial charge < -0.3 is 10.5 Å². The van der Waals surface area contributed by atoms with Gasteiger partial charge in [0.25, 0.3) is 0 Å². The van der Waals surface area contributed by atoms with Gasteiger partial charge >= 0.3 is 0 Å². The molecule has 0 unspecified atom stereocenters. The summed E-state index contributed by atoms with van der Waals surface area (Å²) in [5, 5.41) is 0. The summed E-state index contributed by atoms with van der Waals surface area (Å²) in [6, 6.07) is 16.3. The maximum Gasteiger partial charge on any atom is 0.118 e. The van der Waals surface area contributed by atoms with Gasteiger partial charge in [-0.2, -0.15) is 0 Å². The standard InChI is InChI=1S/C16H19NO/c1-16(2,12-4-8-14(17)9-5-12)13-6-10-15(18-3)11-7-13/h4-11H,17H2,1-3H3. The molecule has 0 heterocycles. The summed E-state index contributed by atoms with van der Waals surface area (Å²) >= 11 is 0. The minimum Gasteiger partial charge on any atom is -0.497 e. The van der Waals surface area contributed by atoms with Crippen molar-refractivity contribution in [2.45, 2.75) is 19.3 Å². The number of benzene rings is 2. The predicted octanol–water partition coefficient (Wildman–Crippen LogP) is 3.60. The molecule has 0 aliphatic heterocycles. The fourth-order valence-corrected chi connectivity index (χ4v) is 2.07. The van der Waals surface area contributed by atoms with Crippen molar-refractivity contribution in [2.75, 3.05) is 12.8 Å². The number of ether oxygens (including phenoxy) is 1. The highest BCUT2D eigenvalue weighted by Crippen LogP contribution is 2.32. The van der Waals surface area contributed by atoms with Crippen LogP contribution < -0.4 is 10.5 Å². The van der Waals surface area contributed by atoms with Crippen molar-refractivity contribution < 1.29 is 4.74 Å².